The average molecular weight is 434 g/mol. The highest BCUT2D eigenvalue weighted by Gasteiger charge is 2.32. The van der Waals surface area contributed by atoms with Gasteiger partial charge in [-0.1, -0.05) is 36.4 Å². The van der Waals surface area contributed by atoms with Crippen LogP contribution in [-0.2, 0) is 6.42 Å². The molecule has 0 amide bonds. The third-order valence-electron chi connectivity index (χ3n) is 6.28. The van der Waals surface area contributed by atoms with Crippen molar-refractivity contribution in [3.63, 3.8) is 0 Å². The Labute approximate surface area is 187 Å². The topological polar surface area (TPSA) is 60.4 Å². The van der Waals surface area contributed by atoms with E-state index in [1.54, 1.807) is 14.2 Å². The van der Waals surface area contributed by atoms with Crippen LogP contribution in [0.15, 0.2) is 60.7 Å². The van der Waals surface area contributed by atoms with Gasteiger partial charge in [0.2, 0.25) is 6.79 Å². The molecule has 32 heavy (non-hydrogen) atoms. The predicted molar refractivity (Wildman–Crippen MR) is 121 cm³/mol. The van der Waals surface area contributed by atoms with E-state index >= 15 is 0 Å². The summed E-state index contributed by atoms with van der Waals surface area (Å²) < 4.78 is 22.3. The first kappa shape index (κ1) is 20.7. The number of nitrogens with zero attached hydrogens (tertiary/aromatic N) is 1. The number of aliphatic hydroxyl groups excluding tert-OH is 1. The molecule has 6 heteroatoms. The second kappa shape index (κ2) is 8.73. The van der Waals surface area contributed by atoms with Crippen molar-refractivity contribution in [3.8, 4) is 23.0 Å². The van der Waals surface area contributed by atoms with Crippen molar-refractivity contribution in [1.82, 2.24) is 4.90 Å². The van der Waals surface area contributed by atoms with Crippen molar-refractivity contribution in [1.29, 1.82) is 0 Å². The molecule has 6 nitrogen and oxygen atoms in total. The van der Waals surface area contributed by atoms with E-state index in [0.29, 0.717) is 12.3 Å². The molecule has 0 fully saturated rings. The van der Waals surface area contributed by atoms with E-state index in [4.69, 9.17) is 18.9 Å². The van der Waals surface area contributed by atoms with Gasteiger partial charge in [-0.2, -0.15) is 0 Å². The van der Waals surface area contributed by atoms with Gasteiger partial charge < -0.3 is 24.1 Å². The van der Waals surface area contributed by atoms with Gasteiger partial charge in [-0.05, 0) is 52.9 Å². The maximum Gasteiger partial charge on any atom is 0.231 e. The smallest absolute Gasteiger partial charge is 0.231 e. The maximum absolute atomic E-state index is 11.0. The highest BCUT2D eigenvalue weighted by atomic mass is 16.7. The highest BCUT2D eigenvalue weighted by molar-refractivity contribution is 5.53. The largest absolute Gasteiger partial charge is 0.493 e. The molecule has 2 aliphatic rings. The van der Waals surface area contributed by atoms with Gasteiger partial charge in [0.15, 0.2) is 23.0 Å². The van der Waals surface area contributed by atoms with Gasteiger partial charge in [-0.25, -0.2) is 0 Å². The lowest BCUT2D eigenvalue weighted by molar-refractivity contribution is 0.0920. The van der Waals surface area contributed by atoms with Crippen LogP contribution in [0.4, 0.5) is 0 Å². The second-order valence-corrected chi connectivity index (χ2v) is 8.09. The SMILES string of the molecule is COc1cc2c(cc1OC)[C@@H](c1ccc3c(c1)OCO3)N(C[C@H](O)c1ccccc1)CC2. The molecule has 0 aromatic heterocycles. The number of aliphatic hydroxyl groups is 1. The monoisotopic (exact) mass is 433 g/mol. The molecular formula is C26H27NO5. The summed E-state index contributed by atoms with van der Waals surface area (Å²) >= 11 is 0. The predicted octanol–water partition coefficient (Wildman–Crippen LogP) is 4.11. The minimum Gasteiger partial charge on any atom is -0.493 e. The molecule has 2 atom stereocenters. The molecule has 0 unspecified atom stereocenters. The van der Waals surface area contributed by atoms with Crippen LogP contribution in [-0.4, -0.2) is 44.1 Å². The van der Waals surface area contributed by atoms with Crippen LogP contribution >= 0.6 is 0 Å². The molecule has 0 aliphatic carbocycles. The van der Waals surface area contributed by atoms with Gasteiger partial charge in [-0.15, -0.1) is 0 Å². The summed E-state index contributed by atoms with van der Waals surface area (Å²) in [7, 11) is 3.31. The Hall–Kier alpha value is -3.22. The zero-order valence-corrected chi connectivity index (χ0v) is 18.3. The lowest BCUT2D eigenvalue weighted by Crippen LogP contribution is -2.38. The Kier molecular flexibility index (Phi) is 5.64. The molecule has 0 bridgehead atoms. The molecule has 5 rings (SSSR count). The van der Waals surface area contributed by atoms with Crippen molar-refractivity contribution in [2.24, 2.45) is 0 Å². The molecule has 3 aromatic carbocycles. The lowest BCUT2D eigenvalue weighted by atomic mass is 9.87. The van der Waals surface area contributed by atoms with Crippen molar-refractivity contribution in [2.45, 2.75) is 18.6 Å². The Morgan fingerprint density at radius 1 is 0.969 bits per heavy atom. The van der Waals surface area contributed by atoms with Crippen LogP contribution in [0.25, 0.3) is 0 Å². The minimum absolute atomic E-state index is 0.0635. The summed E-state index contributed by atoms with van der Waals surface area (Å²) in [6, 6.07) is 19.9. The lowest BCUT2D eigenvalue weighted by Gasteiger charge is -2.39. The normalized spacial score (nSPS) is 18.2. The van der Waals surface area contributed by atoms with E-state index in [-0.39, 0.29) is 12.8 Å². The van der Waals surface area contributed by atoms with Crippen molar-refractivity contribution in [2.75, 3.05) is 34.1 Å². The number of hydrogen-bond acceptors (Lipinski definition) is 6. The molecule has 0 spiro atoms. The van der Waals surface area contributed by atoms with Crippen LogP contribution in [0.3, 0.4) is 0 Å². The first-order valence-corrected chi connectivity index (χ1v) is 10.8. The Morgan fingerprint density at radius 2 is 1.72 bits per heavy atom. The molecular weight excluding hydrogens is 406 g/mol. The Morgan fingerprint density at radius 3 is 2.50 bits per heavy atom. The van der Waals surface area contributed by atoms with Gasteiger partial charge in [0.25, 0.3) is 0 Å². The van der Waals surface area contributed by atoms with Crippen molar-refractivity contribution < 1.29 is 24.1 Å². The van der Waals surface area contributed by atoms with E-state index in [2.05, 4.69) is 23.1 Å². The number of hydrogen-bond donors (Lipinski definition) is 1. The zero-order valence-electron chi connectivity index (χ0n) is 18.3. The molecule has 1 N–H and O–H groups in total. The molecule has 3 aromatic rings. The zero-order chi connectivity index (χ0) is 22.1. The quantitative estimate of drug-likeness (QED) is 0.631. The van der Waals surface area contributed by atoms with Crippen LogP contribution < -0.4 is 18.9 Å². The van der Waals surface area contributed by atoms with Crippen LogP contribution in [0.2, 0.25) is 0 Å². The van der Waals surface area contributed by atoms with E-state index < -0.39 is 6.10 Å². The van der Waals surface area contributed by atoms with Gasteiger partial charge in [-0.3, -0.25) is 4.90 Å². The minimum atomic E-state index is -0.589. The summed E-state index contributed by atoms with van der Waals surface area (Å²) in [5.74, 6) is 2.93. The fraction of sp³-hybridized carbons (Fsp3) is 0.308. The molecule has 2 aliphatic heterocycles. The number of β-amino-alcohol motifs (C(OH)–C–C–N with tert-alkyl or cyclic N) is 1. The molecule has 0 saturated carbocycles. The second-order valence-electron chi connectivity index (χ2n) is 8.09. The summed E-state index contributed by atoms with van der Waals surface area (Å²) in [5, 5.41) is 11.0. The average Bonchev–Trinajstić information content (AvgIpc) is 3.31. The summed E-state index contributed by atoms with van der Waals surface area (Å²) in [4.78, 5) is 2.32. The highest BCUT2D eigenvalue weighted by Crippen LogP contribution is 2.44. The van der Waals surface area contributed by atoms with Crippen LogP contribution in [0, 0.1) is 0 Å². The summed E-state index contributed by atoms with van der Waals surface area (Å²) in [6.45, 7) is 1.56. The molecule has 0 radical (unpaired) electrons. The molecule has 2 heterocycles. The summed E-state index contributed by atoms with van der Waals surface area (Å²) in [5.41, 5.74) is 4.36. The third-order valence-corrected chi connectivity index (χ3v) is 6.28. The van der Waals surface area contributed by atoms with E-state index in [9.17, 15) is 5.11 Å². The fourth-order valence-corrected chi connectivity index (χ4v) is 4.67. The number of rotatable bonds is 6. The van der Waals surface area contributed by atoms with Crippen molar-refractivity contribution in [3.05, 3.63) is 82.9 Å². The molecule has 166 valence electrons. The van der Waals surface area contributed by atoms with E-state index in [0.717, 1.165) is 46.9 Å². The van der Waals surface area contributed by atoms with E-state index in [1.165, 1.54) is 5.56 Å². The number of benzene rings is 3. The first-order chi connectivity index (χ1) is 15.7. The standard InChI is InChI=1S/C26H27NO5/c1-29-23-12-18-10-11-27(15-21(28)17-6-4-3-5-7-17)26(20(18)14-24(23)30-2)19-8-9-22-25(13-19)32-16-31-22/h3-9,12-14,21,26,28H,10-11,15-16H2,1-2H3/t21-,26+/m0/s1. The van der Waals surface area contributed by atoms with Crippen LogP contribution in [0.5, 0.6) is 23.0 Å². The van der Waals surface area contributed by atoms with Gasteiger partial charge in [0.05, 0.1) is 26.4 Å². The van der Waals surface area contributed by atoms with Crippen LogP contribution in [0.1, 0.15) is 34.4 Å². The van der Waals surface area contributed by atoms with Gasteiger partial charge in [0, 0.05) is 13.1 Å². The van der Waals surface area contributed by atoms with Crippen molar-refractivity contribution >= 4 is 0 Å². The maximum atomic E-state index is 11.0. The first-order valence-electron chi connectivity index (χ1n) is 10.8. The van der Waals surface area contributed by atoms with E-state index in [1.807, 2.05) is 42.5 Å². The third kappa shape index (κ3) is 3.76. The number of fused-ring (bicyclic) bond motifs is 2. The Balaban J connectivity index is 1.56. The number of methoxy groups -OCH3 is 2. The fourth-order valence-electron chi connectivity index (χ4n) is 4.67. The van der Waals surface area contributed by atoms with Gasteiger partial charge in [0.1, 0.15) is 0 Å². The van der Waals surface area contributed by atoms with Gasteiger partial charge >= 0.3 is 0 Å². The number of ether oxygens (including phenoxy) is 4. The Bertz CT molecular complexity index is 1100. The summed E-state index contributed by atoms with van der Waals surface area (Å²) in [6.07, 6.45) is 0.271. The molecule has 0 saturated heterocycles.